The molecule has 2 nitrogen and oxygen atoms in total. The predicted molar refractivity (Wildman–Crippen MR) is 72.9 cm³/mol. The minimum atomic E-state index is 0.260. The first-order valence-corrected chi connectivity index (χ1v) is 6.64. The first kappa shape index (κ1) is 13.7. The van der Waals surface area contributed by atoms with Gasteiger partial charge in [0.05, 0.1) is 0 Å². The lowest BCUT2D eigenvalue weighted by Gasteiger charge is -2.17. The van der Waals surface area contributed by atoms with E-state index in [2.05, 4.69) is 47.3 Å². The highest BCUT2D eigenvalue weighted by Gasteiger charge is 2.09. The average Bonchev–Trinajstić information content (AvgIpc) is 2.24. The Balaban J connectivity index is 2.53. The van der Waals surface area contributed by atoms with Crippen molar-refractivity contribution < 1.29 is 0 Å². The van der Waals surface area contributed by atoms with Crippen molar-refractivity contribution in [3.8, 4) is 0 Å². The fraction of sp³-hybridized carbons (Fsp3) is 0.538. The van der Waals surface area contributed by atoms with Crippen molar-refractivity contribution >= 4 is 15.9 Å². The van der Waals surface area contributed by atoms with Gasteiger partial charge in [-0.15, -0.1) is 0 Å². The molecule has 0 saturated heterocycles. The molecule has 0 saturated carbocycles. The predicted octanol–water partition coefficient (Wildman–Crippen LogP) is 3.78. The van der Waals surface area contributed by atoms with Gasteiger partial charge in [0.25, 0.3) is 0 Å². The van der Waals surface area contributed by atoms with Crippen LogP contribution in [0.25, 0.3) is 0 Å². The molecule has 0 aromatic heterocycles. The second-order valence-electron chi connectivity index (χ2n) is 4.60. The maximum atomic E-state index is 5.61. The molecule has 1 unspecified atom stereocenters. The minimum Gasteiger partial charge on any atom is -0.271 e. The van der Waals surface area contributed by atoms with Crippen molar-refractivity contribution in [3.63, 3.8) is 0 Å². The number of hydrazine groups is 1. The van der Waals surface area contributed by atoms with E-state index in [1.54, 1.807) is 0 Å². The first-order valence-electron chi connectivity index (χ1n) is 5.85. The van der Waals surface area contributed by atoms with Crippen LogP contribution in [0.3, 0.4) is 0 Å². The van der Waals surface area contributed by atoms with Crippen LogP contribution in [0.15, 0.2) is 28.7 Å². The maximum Gasteiger partial charge on any atom is 0.0460 e. The van der Waals surface area contributed by atoms with Gasteiger partial charge in [0, 0.05) is 10.5 Å². The largest absolute Gasteiger partial charge is 0.271 e. The molecule has 90 valence electrons. The van der Waals surface area contributed by atoms with Crippen molar-refractivity contribution in [2.45, 2.75) is 39.2 Å². The summed E-state index contributed by atoms with van der Waals surface area (Å²) in [5.74, 6) is 6.37. The first-order chi connectivity index (χ1) is 7.63. The number of hydrogen-bond donors (Lipinski definition) is 2. The molecule has 16 heavy (non-hydrogen) atoms. The molecule has 0 radical (unpaired) electrons. The van der Waals surface area contributed by atoms with Crippen molar-refractivity contribution in [2.24, 2.45) is 11.8 Å². The molecule has 3 N–H and O–H groups in total. The summed E-state index contributed by atoms with van der Waals surface area (Å²) in [4.78, 5) is 0. The van der Waals surface area contributed by atoms with Crippen LogP contribution in [-0.2, 0) is 0 Å². The fourth-order valence-corrected chi connectivity index (χ4v) is 2.22. The smallest absolute Gasteiger partial charge is 0.0460 e. The third kappa shape index (κ3) is 4.64. The molecule has 1 aromatic rings. The van der Waals surface area contributed by atoms with Crippen LogP contribution in [0.2, 0.25) is 0 Å². The van der Waals surface area contributed by atoms with E-state index in [0.717, 1.165) is 16.8 Å². The van der Waals surface area contributed by atoms with E-state index in [4.69, 9.17) is 5.84 Å². The molecule has 1 aromatic carbocycles. The highest BCUT2D eigenvalue weighted by atomic mass is 79.9. The van der Waals surface area contributed by atoms with Gasteiger partial charge in [-0.1, -0.05) is 54.8 Å². The third-order valence-corrected chi connectivity index (χ3v) is 3.22. The van der Waals surface area contributed by atoms with E-state index in [0.29, 0.717) is 0 Å². The number of nitrogens with one attached hydrogen (secondary N) is 1. The van der Waals surface area contributed by atoms with Gasteiger partial charge in [-0.2, -0.15) is 0 Å². The maximum absolute atomic E-state index is 5.61. The zero-order valence-electron chi connectivity index (χ0n) is 10.0. The summed E-state index contributed by atoms with van der Waals surface area (Å²) in [6.45, 7) is 4.51. The Morgan fingerprint density at radius 1 is 1.31 bits per heavy atom. The Morgan fingerprint density at radius 3 is 2.62 bits per heavy atom. The Bertz CT molecular complexity index is 313. The molecule has 0 amide bonds. The second-order valence-corrected chi connectivity index (χ2v) is 5.51. The van der Waals surface area contributed by atoms with E-state index < -0.39 is 0 Å². The highest BCUT2D eigenvalue weighted by Crippen LogP contribution is 2.22. The number of benzene rings is 1. The normalized spacial score (nSPS) is 13.1. The Hall–Kier alpha value is -0.380. The Kier molecular flexibility index (Phi) is 6.03. The molecular formula is C13H21BrN2. The van der Waals surface area contributed by atoms with Crippen LogP contribution in [-0.4, -0.2) is 0 Å². The van der Waals surface area contributed by atoms with E-state index in [1.807, 2.05) is 12.1 Å². The SMILES string of the molecule is CC(C)CCCC(NN)c1cccc(Br)c1. The fourth-order valence-electron chi connectivity index (χ4n) is 1.80. The lowest BCUT2D eigenvalue weighted by atomic mass is 9.98. The van der Waals surface area contributed by atoms with Crippen LogP contribution < -0.4 is 11.3 Å². The molecule has 0 bridgehead atoms. The summed E-state index contributed by atoms with van der Waals surface area (Å²) >= 11 is 3.48. The molecule has 0 fully saturated rings. The molecule has 0 heterocycles. The lowest BCUT2D eigenvalue weighted by Crippen LogP contribution is -2.28. The molecule has 3 heteroatoms. The van der Waals surface area contributed by atoms with Crippen molar-refractivity contribution in [1.29, 1.82) is 0 Å². The third-order valence-electron chi connectivity index (χ3n) is 2.73. The minimum absolute atomic E-state index is 0.260. The quantitative estimate of drug-likeness (QED) is 0.616. The summed E-state index contributed by atoms with van der Waals surface area (Å²) < 4.78 is 1.11. The lowest BCUT2D eigenvalue weighted by molar-refractivity contribution is 0.455. The van der Waals surface area contributed by atoms with Crippen LogP contribution in [0.4, 0.5) is 0 Å². The van der Waals surface area contributed by atoms with Gasteiger partial charge in [-0.3, -0.25) is 11.3 Å². The van der Waals surface area contributed by atoms with Gasteiger partial charge in [0.15, 0.2) is 0 Å². The van der Waals surface area contributed by atoms with Crippen LogP contribution in [0, 0.1) is 5.92 Å². The zero-order valence-corrected chi connectivity index (χ0v) is 11.6. The summed E-state index contributed by atoms with van der Waals surface area (Å²) in [5, 5.41) is 0. The summed E-state index contributed by atoms with van der Waals surface area (Å²) in [5.41, 5.74) is 4.15. The second kappa shape index (κ2) is 7.05. The molecule has 1 rings (SSSR count). The van der Waals surface area contributed by atoms with Crippen LogP contribution >= 0.6 is 15.9 Å². The average molecular weight is 285 g/mol. The van der Waals surface area contributed by atoms with Crippen molar-refractivity contribution in [2.75, 3.05) is 0 Å². The number of rotatable bonds is 6. The molecule has 0 aliphatic rings. The van der Waals surface area contributed by atoms with Gasteiger partial charge < -0.3 is 0 Å². The van der Waals surface area contributed by atoms with Gasteiger partial charge >= 0.3 is 0 Å². The Labute approximate surface area is 107 Å². The van der Waals surface area contributed by atoms with E-state index in [-0.39, 0.29) is 6.04 Å². The highest BCUT2D eigenvalue weighted by molar-refractivity contribution is 9.10. The van der Waals surface area contributed by atoms with Crippen molar-refractivity contribution in [3.05, 3.63) is 34.3 Å². The van der Waals surface area contributed by atoms with Gasteiger partial charge in [0.1, 0.15) is 0 Å². The Morgan fingerprint density at radius 2 is 2.06 bits per heavy atom. The van der Waals surface area contributed by atoms with E-state index >= 15 is 0 Å². The molecular weight excluding hydrogens is 264 g/mol. The van der Waals surface area contributed by atoms with Gasteiger partial charge in [-0.05, 0) is 30.0 Å². The summed E-state index contributed by atoms with van der Waals surface area (Å²) in [7, 11) is 0. The van der Waals surface area contributed by atoms with Crippen LogP contribution in [0.1, 0.15) is 44.7 Å². The molecule has 0 spiro atoms. The number of hydrogen-bond acceptors (Lipinski definition) is 2. The van der Waals surface area contributed by atoms with Gasteiger partial charge in [0.2, 0.25) is 0 Å². The van der Waals surface area contributed by atoms with E-state index in [9.17, 15) is 0 Å². The zero-order chi connectivity index (χ0) is 12.0. The van der Waals surface area contributed by atoms with Crippen molar-refractivity contribution in [1.82, 2.24) is 5.43 Å². The molecule has 0 aliphatic carbocycles. The van der Waals surface area contributed by atoms with Crippen LogP contribution in [0.5, 0.6) is 0 Å². The molecule has 1 atom stereocenters. The topological polar surface area (TPSA) is 38.0 Å². The summed E-state index contributed by atoms with van der Waals surface area (Å²) in [6, 6.07) is 8.58. The standard InChI is InChI=1S/C13H21BrN2/c1-10(2)5-3-8-13(16-15)11-6-4-7-12(14)9-11/h4,6-7,9-10,13,16H,3,5,8,15H2,1-2H3. The summed E-state index contributed by atoms with van der Waals surface area (Å²) in [6.07, 6.45) is 3.55. The number of nitrogens with two attached hydrogens (primary N) is 1. The van der Waals surface area contributed by atoms with Gasteiger partial charge in [-0.25, -0.2) is 0 Å². The monoisotopic (exact) mass is 284 g/mol. The number of halogens is 1. The molecule has 0 aliphatic heterocycles. The van der Waals surface area contributed by atoms with E-state index in [1.165, 1.54) is 18.4 Å².